The predicted molar refractivity (Wildman–Crippen MR) is 78.3 cm³/mol. The van der Waals surface area contributed by atoms with E-state index in [0.717, 1.165) is 37.2 Å². The molecule has 2 atom stereocenters. The van der Waals surface area contributed by atoms with Crippen molar-refractivity contribution in [2.75, 3.05) is 19.5 Å². The lowest BCUT2D eigenvalue weighted by Crippen LogP contribution is -2.11. The molecule has 0 radical (unpaired) electrons. The summed E-state index contributed by atoms with van der Waals surface area (Å²) in [5.74, 6) is 1.89. The molecule has 1 aliphatic heterocycles. The van der Waals surface area contributed by atoms with E-state index in [-0.39, 0.29) is 0 Å². The molecule has 106 valence electrons. The normalized spacial score (nSPS) is 20.4. The predicted octanol–water partition coefficient (Wildman–Crippen LogP) is 3.17. The third-order valence-electron chi connectivity index (χ3n) is 3.27. The van der Waals surface area contributed by atoms with Crippen LogP contribution in [0.3, 0.4) is 0 Å². The highest BCUT2D eigenvalue weighted by Crippen LogP contribution is 2.24. The average molecular weight is 303 g/mol. The fourth-order valence-corrected chi connectivity index (χ4v) is 3.74. The molecule has 1 fully saturated rings. The lowest BCUT2D eigenvalue weighted by Gasteiger charge is -2.10. The zero-order valence-corrected chi connectivity index (χ0v) is 12.6. The van der Waals surface area contributed by atoms with Gasteiger partial charge in [0.15, 0.2) is 0 Å². The number of rotatable bonds is 6. The van der Waals surface area contributed by atoms with Gasteiger partial charge in [-0.05, 0) is 37.0 Å². The Kier molecular flexibility index (Phi) is 5.67. The Morgan fingerprint density at radius 1 is 1.53 bits per heavy atom. The van der Waals surface area contributed by atoms with Crippen molar-refractivity contribution in [3.63, 3.8) is 0 Å². The fourth-order valence-electron chi connectivity index (χ4n) is 2.15. The van der Waals surface area contributed by atoms with E-state index in [1.165, 1.54) is 0 Å². The van der Waals surface area contributed by atoms with E-state index in [0.29, 0.717) is 22.6 Å². The molecule has 0 N–H and O–H groups in total. The first kappa shape index (κ1) is 14.8. The molecular formula is C14H19ClO3S. The number of ether oxygens (including phenoxy) is 2. The Morgan fingerprint density at radius 3 is 3.00 bits per heavy atom. The molecule has 0 spiro atoms. The summed E-state index contributed by atoms with van der Waals surface area (Å²) < 4.78 is 22.7. The van der Waals surface area contributed by atoms with Gasteiger partial charge in [0.25, 0.3) is 0 Å². The minimum Gasteiger partial charge on any atom is -0.497 e. The van der Waals surface area contributed by atoms with E-state index in [1.807, 2.05) is 12.1 Å². The summed E-state index contributed by atoms with van der Waals surface area (Å²) >= 11 is 6.14. The molecule has 5 heteroatoms. The van der Waals surface area contributed by atoms with Gasteiger partial charge in [-0.15, -0.1) is 0 Å². The van der Waals surface area contributed by atoms with Crippen molar-refractivity contribution < 1.29 is 13.7 Å². The van der Waals surface area contributed by atoms with Crippen molar-refractivity contribution in [3.05, 3.63) is 28.8 Å². The van der Waals surface area contributed by atoms with E-state index in [4.69, 9.17) is 21.1 Å². The molecule has 1 saturated heterocycles. The minimum atomic E-state index is -0.891. The topological polar surface area (TPSA) is 35.5 Å². The molecule has 1 aliphatic rings. The van der Waals surface area contributed by atoms with Crippen LogP contribution in [0.4, 0.5) is 0 Å². The van der Waals surface area contributed by atoms with Crippen LogP contribution in [0.25, 0.3) is 0 Å². The molecule has 2 rings (SSSR count). The fraction of sp³-hybridized carbons (Fsp3) is 0.571. The van der Waals surface area contributed by atoms with Crippen LogP contribution in [0.1, 0.15) is 24.8 Å². The van der Waals surface area contributed by atoms with Crippen LogP contribution < -0.4 is 4.74 Å². The van der Waals surface area contributed by atoms with Gasteiger partial charge in [0.1, 0.15) is 5.75 Å². The van der Waals surface area contributed by atoms with Gasteiger partial charge in [-0.2, -0.15) is 0 Å². The lowest BCUT2D eigenvalue weighted by molar-refractivity contribution is 0.109. The van der Waals surface area contributed by atoms with Crippen molar-refractivity contribution in [1.29, 1.82) is 0 Å². The van der Waals surface area contributed by atoms with Gasteiger partial charge < -0.3 is 9.47 Å². The molecule has 1 heterocycles. The second-order valence-electron chi connectivity index (χ2n) is 4.67. The summed E-state index contributed by atoms with van der Waals surface area (Å²) in [6.07, 6.45) is 3.40. The van der Waals surface area contributed by atoms with E-state index in [2.05, 4.69) is 0 Å². The van der Waals surface area contributed by atoms with Gasteiger partial charge in [-0.25, -0.2) is 0 Å². The Hall–Kier alpha value is -0.580. The van der Waals surface area contributed by atoms with Crippen LogP contribution in [-0.4, -0.2) is 29.8 Å². The van der Waals surface area contributed by atoms with Gasteiger partial charge in [0.2, 0.25) is 0 Å². The van der Waals surface area contributed by atoms with Gasteiger partial charge in [-0.3, -0.25) is 4.21 Å². The minimum absolute atomic E-state index is 0.301. The van der Waals surface area contributed by atoms with Crippen molar-refractivity contribution in [2.24, 2.45) is 0 Å². The molecule has 0 aromatic heterocycles. The van der Waals surface area contributed by atoms with Crippen LogP contribution in [0.15, 0.2) is 18.2 Å². The van der Waals surface area contributed by atoms with E-state index in [1.54, 1.807) is 13.2 Å². The second kappa shape index (κ2) is 7.27. The molecule has 0 saturated carbocycles. The molecule has 1 aromatic carbocycles. The Morgan fingerprint density at radius 2 is 2.37 bits per heavy atom. The highest BCUT2D eigenvalue weighted by Gasteiger charge is 2.16. The van der Waals surface area contributed by atoms with Crippen LogP contribution in [0, 0.1) is 0 Å². The molecule has 19 heavy (non-hydrogen) atoms. The summed E-state index contributed by atoms with van der Waals surface area (Å²) in [7, 11) is 0.711. The summed E-state index contributed by atoms with van der Waals surface area (Å²) in [6, 6.07) is 5.48. The number of halogens is 1. The summed E-state index contributed by atoms with van der Waals surface area (Å²) in [5.41, 5.74) is 0.910. The van der Waals surface area contributed by atoms with Crippen molar-refractivity contribution in [1.82, 2.24) is 0 Å². The zero-order chi connectivity index (χ0) is 13.7. The third-order valence-corrected chi connectivity index (χ3v) is 4.94. The molecule has 0 amide bonds. The zero-order valence-electron chi connectivity index (χ0n) is 11.1. The van der Waals surface area contributed by atoms with Crippen LogP contribution in [-0.2, 0) is 21.3 Å². The van der Waals surface area contributed by atoms with Crippen LogP contribution >= 0.6 is 11.6 Å². The van der Waals surface area contributed by atoms with Crippen LogP contribution in [0.5, 0.6) is 5.75 Å². The standard InChI is InChI=1S/C14H19ClO3S/c1-17-13-5-4-11(14(15)9-13)10-19(16)8-6-12-3-2-7-18-12/h4-5,9,12H,2-3,6-8,10H2,1H3. The maximum Gasteiger partial charge on any atom is 0.120 e. The summed E-state index contributed by atoms with van der Waals surface area (Å²) in [5, 5.41) is 0.616. The SMILES string of the molecule is COc1ccc(CS(=O)CCC2CCCO2)c(Cl)c1. The number of hydrogen-bond acceptors (Lipinski definition) is 3. The first-order valence-electron chi connectivity index (χ1n) is 6.48. The van der Waals surface area contributed by atoms with E-state index in [9.17, 15) is 4.21 Å². The maximum atomic E-state index is 12.0. The molecule has 1 aromatic rings. The molecule has 0 bridgehead atoms. The highest BCUT2D eigenvalue weighted by molar-refractivity contribution is 7.84. The third kappa shape index (κ3) is 4.48. The quantitative estimate of drug-likeness (QED) is 0.810. The summed E-state index contributed by atoms with van der Waals surface area (Å²) in [4.78, 5) is 0. The first-order chi connectivity index (χ1) is 9.19. The lowest BCUT2D eigenvalue weighted by atomic mass is 10.2. The first-order valence-corrected chi connectivity index (χ1v) is 8.34. The smallest absolute Gasteiger partial charge is 0.120 e. The number of benzene rings is 1. The van der Waals surface area contributed by atoms with E-state index >= 15 is 0 Å². The van der Waals surface area contributed by atoms with E-state index < -0.39 is 10.8 Å². The molecule has 0 aliphatic carbocycles. The highest BCUT2D eigenvalue weighted by atomic mass is 35.5. The van der Waals surface area contributed by atoms with Crippen molar-refractivity contribution >= 4 is 22.4 Å². The average Bonchev–Trinajstić information content (AvgIpc) is 2.92. The van der Waals surface area contributed by atoms with Gasteiger partial charge in [-0.1, -0.05) is 17.7 Å². The monoisotopic (exact) mass is 302 g/mol. The van der Waals surface area contributed by atoms with Crippen molar-refractivity contribution in [3.8, 4) is 5.75 Å². The molecule has 3 nitrogen and oxygen atoms in total. The maximum absolute atomic E-state index is 12.0. The Bertz CT molecular complexity index is 444. The summed E-state index contributed by atoms with van der Waals surface area (Å²) in [6.45, 7) is 0.849. The van der Waals surface area contributed by atoms with Gasteiger partial charge in [0.05, 0.1) is 13.2 Å². The Balaban J connectivity index is 1.84. The Labute approximate surface area is 121 Å². The van der Waals surface area contributed by atoms with Gasteiger partial charge >= 0.3 is 0 Å². The largest absolute Gasteiger partial charge is 0.497 e. The number of methoxy groups -OCH3 is 1. The second-order valence-corrected chi connectivity index (χ2v) is 6.65. The van der Waals surface area contributed by atoms with Crippen LogP contribution in [0.2, 0.25) is 5.02 Å². The molecule has 2 unspecified atom stereocenters. The number of hydrogen-bond donors (Lipinski definition) is 0. The molecular weight excluding hydrogens is 284 g/mol. The van der Waals surface area contributed by atoms with Gasteiger partial charge in [0, 0.05) is 33.9 Å². The van der Waals surface area contributed by atoms with Crippen molar-refractivity contribution in [2.45, 2.75) is 31.1 Å².